The van der Waals surface area contributed by atoms with Crippen LogP contribution in [0.25, 0.3) is 0 Å². The van der Waals surface area contributed by atoms with Crippen molar-refractivity contribution in [3.05, 3.63) is 69.3 Å². The first-order valence-corrected chi connectivity index (χ1v) is 7.63. The minimum absolute atomic E-state index is 0.0559. The predicted molar refractivity (Wildman–Crippen MR) is 88.5 cm³/mol. The number of nitrogens with zero attached hydrogens (tertiary/aromatic N) is 2. The van der Waals surface area contributed by atoms with Gasteiger partial charge in [-0.2, -0.15) is 0 Å². The van der Waals surface area contributed by atoms with E-state index in [0.29, 0.717) is 12.8 Å². The van der Waals surface area contributed by atoms with Crippen molar-refractivity contribution in [1.29, 1.82) is 0 Å². The van der Waals surface area contributed by atoms with Gasteiger partial charge in [-0.15, -0.1) is 0 Å². The summed E-state index contributed by atoms with van der Waals surface area (Å²) in [4.78, 5) is 24.8. The molecule has 0 saturated carbocycles. The van der Waals surface area contributed by atoms with Gasteiger partial charge in [0.05, 0.1) is 11.0 Å². The maximum absolute atomic E-state index is 12.5. The second-order valence-corrected chi connectivity index (χ2v) is 5.92. The number of rotatable bonds is 3. The van der Waals surface area contributed by atoms with Crippen LogP contribution in [0.4, 0.5) is 11.4 Å². The molecule has 5 heteroatoms. The summed E-state index contributed by atoms with van der Waals surface area (Å²) >= 11 is 0. The van der Waals surface area contributed by atoms with Crippen LogP contribution in [0.5, 0.6) is 0 Å². The molecule has 0 fully saturated rings. The van der Waals surface area contributed by atoms with Crippen LogP contribution in [0.3, 0.4) is 0 Å². The molecule has 2 aromatic carbocycles. The van der Waals surface area contributed by atoms with Crippen molar-refractivity contribution in [2.75, 3.05) is 4.90 Å². The van der Waals surface area contributed by atoms with Crippen molar-refractivity contribution in [1.82, 2.24) is 0 Å². The van der Waals surface area contributed by atoms with Gasteiger partial charge in [0.2, 0.25) is 5.91 Å². The zero-order valence-corrected chi connectivity index (χ0v) is 13.2. The number of nitro groups is 1. The van der Waals surface area contributed by atoms with Crippen molar-refractivity contribution in [2.45, 2.75) is 32.7 Å². The molecule has 0 saturated heterocycles. The average molecular weight is 310 g/mol. The second kappa shape index (κ2) is 5.83. The van der Waals surface area contributed by atoms with Crippen molar-refractivity contribution >= 4 is 17.3 Å². The molecule has 0 radical (unpaired) electrons. The molecule has 1 heterocycles. The van der Waals surface area contributed by atoms with Crippen molar-refractivity contribution in [3.63, 3.8) is 0 Å². The molecule has 0 aromatic heterocycles. The van der Waals surface area contributed by atoms with Gasteiger partial charge in [0.1, 0.15) is 0 Å². The highest BCUT2D eigenvalue weighted by Crippen LogP contribution is 2.36. The summed E-state index contributed by atoms with van der Waals surface area (Å²) in [6, 6.07) is 12.7. The van der Waals surface area contributed by atoms with Gasteiger partial charge in [0, 0.05) is 24.2 Å². The fourth-order valence-corrected chi connectivity index (χ4v) is 3.12. The summed E-state index contributed by atoms with van der Waals surface area (Å²) in [5, 5.41) is 11.0. The molecule has 23 heavy (non-hydrogen) atoms. The van der Waals surface area contributed by atoms with Gasteiger partial charge in [-0.25, -0.2) is 0 Å². The molecular weight excluding hydrogens is 292 g/mol. The van der Waals surface area contributed by atoms with Crippen molar-refractivity contribution in [2.24, 2.45) is 0 Å². The quantitative estimate of drug-likeness (QED) is 0.637. The van der Waals surface area contributed by atoms with E-state index in [-0.39, 0.29) is 17.6 Å². The van der Waals surface area contributed by atoms with E-state index in [0.717, 1.165) is 22.4 Å². The summed E-state index contributed by atoms with van der Waals surface area (Å²) < 4.78 is 0. The molecule has 0 spiro atoms. The molecule has 1 aliphatic rings. The van der Waals surface area contributed by atoms with Gasteiger partial charge in [0.15, 0.2) is 0 Å². The number of aryl methyl sites for hydroxylation is 2. The molecular formula is C18H18N2O3. The van der Waals surface area contributed by atoms with E-state index in [9.17, 15) is 14.9 Å². The highest BCUT2D eigenvalue weighted by atomic mass is 16.6. The monoisotopic (exact) mass is 310 g/mol. The molecule has 118 valence electrons. The van der Waals surface area contributed by atoms with Crippen LogP contribution in [-0.4, -0.2) is 10.8 Å². The Labute approximate surface area is 134 Å². The van der Waals surface area contributed by atoms with E-state index in [2.05, 4.69) is 6.07 Å². The third-order valence-electron chi connectivity index (χ3n) is 4.32. The van der Waals surface area contributed by atoms with Crippen LogP contribution in [-0.2, 0) is 11.2 Å². The predicted octanol–water partition coefficient (Wildman–Crippen LogP) is 3.94. The van der Waals surface area contributed by atoms with Gasteiger partial charge in [-0.1, -0.05) is 29.8 Å². The number of carbonyl (C=O) groups excluding carboxylic acids is 1. The molecule has 3 rings (SSSR count). The number of carbonyl (C=O) groups is 1. The van der Waals surface area contributed by atoms with Gasteiger partial charge < -0.3 is 4.90 Å². The molecule has 5 nitrogen and oxygen atoms in total. The zero-order valence-electron chi connectivity index (χ0n) is 13.2. The van der Waals surface area contributed by atoms with Crippen LogP contribution < -0.4 is 4.90 Å². The molecule has 2 aromatic rings. The molecule has 0 aliphatic carbocycles. The Bertz CT molecular complexity index is 786. The molecule has 0 unspecified atom stereocenters. The van der Waals surface area contributed by atoms with Crippen molar-refractivity contribution in [3.8, 4) is 0 Å². The van der Waals surface area contributed by atoms with Gasteiger partial charge >= 0.3 is 0 Å². The van der Waals surface area contributed by atoms with E-state index >= 15 is 0 Å². The number of nitro benzene ring substituents is 1. The summed E-state index contributed by atoms with van der Waals surface area (Å²) in [5.41, 5.74) is 3.91. The Balaban J connectivity index is 2.03. The average Bonchev–Trinajstić information content (AvgIpc) is 2.53. The van der Waals surface area contributed by atoms with Crippen LogP contribution in [0.2, 0.25) is 0 Å². The third-order valence-corrected chi connectivity index (χ3v) is 4.32. The molecule has 0 bridgehead atoms. The summed E-state index contributed by atoms with van der Waals surface area (Å²) in [5.74, 6) is 0.0559. The topological polar surface area (TPSA) is 63.5 Å². The maximum atomic E-state index is 12.5. The number of non-ortho nitro benzene ring substituents is 1. The lowest BCUT2D eigenvalue weighted by atomic mass is 9.96. The zero-order chi connectivity index (χ0) is 16.6. The fourth-order valence-electron chi connectivity index (χ4n) is 3.12. The lowest BCUT2D eigenvalue weighted by Crippen LogP contribution is -2.37. The first kappa shape index (κ1) is 15.2. The Morgan fingerprint density at radius 2 is 1.96 bits per heavy atom. The van der Waals surface area contributed by atoms with E-state index < -0.39 is 4.92 Å². The minimum atomic E-state index is -0.398. The lowest BCUT2D eigenvalue weighted by Gasteiger charge is -2.34. The number of amides is 1. The van der Waals surface area contributed by atoms with Gasteiger partial charge in [-0.05, 0) is 37.5 Å². The summed E-state index contributed by atoms with van der Waals surface area (Å²) in [7, 11) is 0. The highest BCUT2D eigenvalue weighted by Gasteiger charge is 2.30. The van der Waals surface area contributed by atoms with Crippen molar-refractivity contribution < 1.29 is 9.72 Å². The summed E-state index contributed by atoms with van der Waals surface area (Å²) in [6.45, 7) is 4.01. The Hall–Kier alpha value is -2.69. The maximum Gasteiger partial charge on any atom is 0.269 e. The van der Waals surface area contributed by atoms with Gasteiger partial charge in [-0.3, -0.25) is 14.9 Å². The SMILES string of the molecule is Cc1cccc([C@H](C)N2C(=O)CCc3cc([N+](=O)[O-])ccc32)c1. The van der Waals surface area contributed by atoms with Crippen LogP contribution in [0, 0.1) is 17.0 Å². The number of anilines is 1. The standard InChI is InChI=1S/C18H18N2O3/c1-12-4-3-5-14(10-12)13(2)19-17-8-7-16(20(22)23)11-15(17)6-9-18(19)21/h3-5,7-8,10-11,13H,6,9H2,1-2H3/t13-/m0/s1. The number of hydrogen-bond acceptors (Lipinski definition) is 3. The Kier molecular flexibility index (Phi) is 3.86. The largest absolute Gasteiger partial charge is 0.305 e. The van der Waals surface area contributed by atoms with E-state index in [4.69, 9.17) is 0 Å². The first-order chi connectivity index (χ1) is 11.0. The molecule has 1 amide bonds. The number of benzene rings is 2. The smallest absolute Gasteiger partial charge is 0.269 e. The van der Waals surface area contributed by atoms with Crippen LogP contribution in [0.1, 0.15) is 36.1 Å². The highest BCUT2D eigenvalue weighted by molar-refractivity contribution is 5.97. The Morgan fingerprint density at radius 3 is 2.65 bits per heavy atom. The number of fused-ring (bicyclic) bond motifs is 1. The fraction of sp³-hybridized carbons (Fsp3) is 0.278. The molecule has 1 atom stereocenters. The summed E-state index contributed by atoms with van der Waals surface area (Å²) in [6.07, 6.45) is 0.928. The molecule has 0 N–H and O–H groups in total. The van der Waals surface area contributed by atoms with E-state index in [1.54, 1.807) is 17.0 Å². The van der Waals surface area contributed by atoms with E-state index in [1.807, 2.05) is 32.0 Å². The van der Waals surface area contributed by atoms with Gasteiger partial charge in [0.25, 0.3) is 5.69 Å². The minimum Gasteiger partial charge on any atom is -0.305 e. The second-order valence-electron chi connectivity index (χ2n) is 5.92. The number of hydrogen-bond donors (Lipinski definition) is 0. The first-order valence-electron chi connectivity index (χ1n) is 7.63. The Morgan fingerprint density at radius 1 is 1.17 bits per heavy atom. The van der Waals surface area contributed by atoms with Crippen LogP contribution in [0.15, 0.2) is 42.5 Å². The normalized spacial score (nSPS) is 15.2. The van der Waals surface area contributed by atoms with Crippen LogP contribution >= 0.6 is 0 Å². The van der Waals surface area contributed by atoms with E-state index in [1.165, 1.54) is 6.07 Å². The third kappa shape index (κ3) is 2.82. The lowest BCUT2D eigenvalue weighted by molar-refractivity contribution is -0.384. The molecule has 1 aliphatic heterocycles.